The van der Waals surface area contributed by atoms with Gasteiger partial charge in [-0.2, -0.15) is 4.31 Å². The van der Waals surface area contributed by atoms with Crippen LogP contribution in [-0.2, 0) is 21.9 Å². The second-order valence-electron chi connectivity index (χ2n) is 6.08. The molecule has 2 N–H and O–H groups in total. The SMILES string of the molecule is Cn1ccnc1S(=O)(=O)N1CCN(c2ccccc2/C=C/C(=O)NO)CC1. The van der Waals surface area contributed by atoms with Crippen LogP contribution in [0.15, 0.2) is 47.9 Å². The Bertz CT molecular complexity index is 946. The Labute approximate surface area is 157 Å². The molecule has 0 saturated carbocycles. The van der Waals surface area contributed by atoms with Gasteiger partial charge in [-0.3, -0.25) is 10.0 Å². The molecule has 1 fully saturated rings. The number of sulfonamides is 1. The number of benzene rings is 1. The summed E-state index contributed by atoms with van der Waals surface area (Å²) in [5.74, 6) is -0.615. The zero-order chi connectivity index (χ0) is 19.4. The summed E-state index contributed by atoms with van der Waals surface area (Å²) in [7, 11) is -1.97. The standard InChI is InChI=1S/C17H21N5O4S/c1-20-9-8-18-17(20)27(25,26)22-12-10-21(11-13-22)15-5-3-2-4-14(15)6-7-16(23)19-24/h2-9,24H,10-13H2,1H3,(H,19,23)/b7-6+. The quantitative estimate of drug-likeness (QED) is 0.435. The van der Waals surface area contributed by atoms with Crippen LogP contribution in [-0.4, -0.2) is 59.6 Å². The maximum atomic E-state index is 12.7. The molecule has 0 radical (unpaired) electrons. The van der Waals surface area contributed by atoms with Crippen molar-refractivity contribution in [1.82, 2.24) is 19.3 Å². The molecule has 0 spiro atoms. The fraction of sp³-hybridized carbons (Fsp3) is 0.294. The van der Waals surface area contributed by atoms with Gasteiger partial charge in [-0.1, -0.05) is 18.2 Å². The van der Waals surface area contributed by atoms with Crippen molar-refractivity contribution in [2.24, 2.45) is 7.05 Å². The highest BCUT2D eigenvalue weighted by Gasteiger charge is 2.31. The molecular weight excluding hydrogens is 370 g/mol. The maximum Gasteiger partial charge on any atom is 0.277 e. The van der Waals surface area contributed by atoms with Crippen molar-refractivity contribution in [2.45, 2.75) is 5.16 Å². The molecule has 1 aromatic carbocycles. The molecule has 0 unspecified atom stereocenters. The van der Waals surface area contributed by atoms with Crippen molar-refractivity contribution in [1.29, 1.82) is 0 Å². The molecule has 27 heavy (non-hydrogen) atoms. The van der Waals surface area contributed by atoms with Crippen LogP contribution >= 0.6 is 0 Å². The Morgan fingerprint density at radius 2 is 1.93 bits per heavy atom. The molecule has 2 aromatic rings. The Kier molecular flexibility index (Phi) is 5.59. The van der Waals surface area contributed by atoms with E-state index in [0.29, 0.717) is 26.2 Å². The number of carbonyl (C=O) groups excluding carboxylic acids is 1. The molecule has 1 amide bonds. The minimum Gasteiger partial charge on any atom is -0.368 e. The monoisotopic (exact) mass is 391 g/mol. The Hall–Kier alpha value is -2.69. The second-order valence-corrected chi connectivity index (χ2v) is 7.91. The van der Waals surface area contributed by atoms with Gasteiger partial charge < -0.3 is 9.47 Å². The van der Waals surface area contributed by atoms with E-state index in [1.807, 2.05) is 24.3 Å². The number of rotatable bonds is 5. The molecule has 10 heteroatoms. The number of hydrogen-bond donors (Lipinski definition) is 2. The molecular formula is C17H21N5O4S. The molecule has 3 rings (SSSR count). The third-order valence-corrected chi connectivity index (χ3v) is 6.29. The van der Waals surface area contributed by atoms with E-state index in [-0.39, 0.29) is 5.16 Å². The van der Waals surface area contributed by atoms with Gasteiger partial charge in [0.25, 0.3) is 15.9 Å². The van der Waals surface area contributed by atoms with Gasteiger partial charge in [-0.05, 0) is 17.7 Å². The smallest absolute Gasteiger partial charge is 0.277 e. The number of amides is 1. The molecule has 0 bridgehead atoms. The van der Waals surface area contributed by atoms with E-state index in [0.717, 1.165) is 11.3 Å². The lowest BCUT2D eigenvalue weighted by Crippen LogP contribution is -2.49. The van der Waals surface area contributed by atoms with E-state index in [2.05, 4.69) is 9.88 Å². The first kappa shape index (κ1) is 19.1. The first-order valence-electron chi connectivity index (χ1n) is 8.37. The molecule has 1 aliphatic heterocycles. The van der Waals surface area contributed by atoms with Crippen molar-refractivity contribution in [3.05, 3.63) is 48.3 Å². The summed E-state index contributed by atoms with van der Waals surface area (Å²) in [6, 6.07) is 7.50. The van der Waals surface area contributed by atoms with Gasteiger partial charge >= 0.3 is 0 Å². The van der Waals surface area contributed by atoms with Gasteiger partial charge in [0.05, 0.1) is 0 Å². The van der Waals surface area contributed by atoms with E-state index in [9.17, 15) is 13.2 Å². The van der Waals surface area contributed by atoms with Crippen LogP contribution in [0.25, 0.3) is 6.08 Å². The van der Waals surface area contributed by atoms with Crippen LogP contribution in [0.3, 0.4) is 0 Å². The normalized spacial score (nSPS) is 16.0. The van der Waals surface area contributed by atoms with Gasteiger partial charge in [-0.15, -0.1) is 0 Å². The zero-order valence-corrected chi connectivity index (χ0v) is 15.6. The number of hydroxylamine groups is 1. The number of anilines is 1. The van der Waals surface area contributed by atoms with Gasteiger partial charge in [0.2, 0.25) is 5.16 Å². The van der Waals surface area contributed by atoms with Crippen LogP contribution in [0.5, 0.6) is 0 Å². The van der Waals surface area contributed by atoms with Gasteiger partial charge in [-0.25, -0.2) is 18.9 Å². The lowest BCUT2D eigenvalue weighted by molar-refractivity contribution is -0.124. The summed E-state index contributed by atoms with van der Waals surface area (Å²) in [6.07, 6.45) is 5.92. The summed E-state index contributed by atoms with van der Waals surface area (Å²) in [5, 5.41) is 8.64. The fourth-order valence-corrected chi connectivity index (χ4v) is 4.50. The van der Waals surface area contributed by atoms with Crippen molar-refractivity contribution in [2.75, 3.05) is 31.1 Å². The summed E-state index contributed by atoms with van der Waals surface area (Å²) in [4.78, 5) is 17.2. The first-order valence-corrected chi connectivity index (χ1v) is 9.81. The van der Waals surface area contributed by atoms with Gasteiger partial charge in [0, 0.05) is 57.4 Å². The fourth-order valence-electron chi connectivity index (χ4n) is 3.00. The van der Waals surface area contributed by atoms with E-state index in [4.69, 9.17) is 5.21 Å². The Morgan fingerprint density at radius 1 is 1.22 bits per heavy atom. The van der Waals surface area contributed by atoms with Crippen LogP contribution in [0.4, 0.5) is 5.69 Å². The lowest BCUT2D eigenvalue weighted by Gasteiger charge is -2.35. The number of aromatic nitrogens is 2. The number of hydrogen-bond acceptors (Lipinski definition) is 6. The molecule has 9 nitrogen and oxygen atoms in total. The van der Waals surface area contributed by atoms with E-state index < -0.39 is 15.9 Å². The number of aryl methyl sites for hydroxylation is 1. The molecule has 0 atom stereocenters. The summed E-state index contributed by atoms with van der Waals surface area (Å²) >= 11 is 0. The predicted molar refractivity (Wildman–Crippen MR) is 99.6 cm³/mol. The third-order valence-electron chi connectivity index (χ3n) is 4.39. The van der Waals surface area contributed by atoms with E-state index in [1.165, 1.54) is 21.1 Å². The number of piperazine rings is 1. The second kappa shape index (κ2) is 7.91. The summed E-state index contributed by atoms with van der Waals surface area (Å²) in [6.45, 7) is 1.70. The topological polar surface area (TPSA) is 108 Å². The first-order chi connectivity index (χ1) is 12.9. The van der Waals surface area contributed by atoms with Crippen LogP contribution < -0.4 is 10.4 Å². The Balaban J connectivity index is 1.74. The summed E-state index contributed by atoms with van der Waals surface area (Å²) < 4.78 is 28.4. The zero-order valence-electron chi connectivity index (χ0n) is 14.8. The van der Waals surface area contributed by atoms with Crippen molar-refractivity contribution in [3.8, 4) is 0 Å². The lowest BCUT2D eigenvalue weighted by atomic mass is 10.1. The van der Waals surface area contributed by atoms with Crippen LogP contribution in [0, 0.1) is 0 Å². The predicted octanol–water partition coefficient (Wildman–Crippen LogP) is 0.450. The minimum absolute atomic E-state index is 0.0364. The van der Waals surface area contributed by atoms with Crippen molar-refractivity contribution >= 4 is 27.7 Å². The van der Waals surface area contributed by atoms with Gasteiger partial charge in [0.15, 0.2) is 0 Å². The highest BCUT2D eigenvalue weighted by atomic mass is 32.2. The highest BCUT2D eigenvalue weighted by molar-refractivity contribution is 7.89. The molecule has 144 valence electrons. The molecule has 1 aromatic heterocycles. The number of nitrogens with one attached hydrogen (secondary N) is 1. The van der Waals surface area contributed by atoms with Crippen LogP contribution in [0.2, 0.25) is 0 Å². The third kappa shape index (κ3) is 4.02. The number of para-hydroxylation sites is 1. The average Bonchev–Trinajstić information content (AvgIpc) is 3.13. The number of carbonyl (C=O) groups is 1. The van der Waals surface area contributed by atoms with Crippen LogP contribution in [0.1, 0.15) is 5.56 Å². The van der Waals surface area contributed by atoms with Crippen molar-refractivity contribution in [3.63, 3.8) is 0 Å². The Morgan fingerprint density at radius 3 is 2.56 bits per heavy atom. The molecule has 0 aliphatic carbocycles. The summed E-state index contributed by atoms with van der Waals surface area (Å²) in [5.41, 5.74) is 3.26. The van der Waals surface area contributed by atoms with E-state index in [1.54, 1.807) is 24.8 Å². The largest absolute Gasteiger partial charge is 0.368 e. The number of nitrogens with zero attached hydrogens (tertiary/aromatic N) is 4. The maximum absolute atomic E-state index is 12.7. The average molecular weight is 391 g/mol. The van der Waals surface area contributed by atoms with E-state index >= 15 is 0 Å². The molecule has 1 saturated heterocycles. The highest BCUT2D eigenvalue weighted by Crippen LogP contribution is 2.24. The number of imidazole rings is 1. The molecule has 1 aliphatic rings. The minimum atomic E-state index is -3.63. The molecule has 2 heterocycles. The van der Waals surface area contributed by atoms with Crippen molar-refractivity contribution < 1.29 is 18.4 Å². The van der Waals surface area contributed by atoms with Gasteiger partial charge in [0.1, 0.15) is 0 Å².